The molecule has 1 aliphatic heterocycles. The van der Waals surface area contributed by atoms with Crippen molar-refractivity contribution < 1.29 is 9.16 Å². The van der Waals surface area contributed by atoms with Crippen molar-refractivity contribution >= 4 is 19.2 Å². The number of hydrogen-bond donors (Lipinski definition) is 1. The molecule has 4 heterocycles. The van der Waals surface area contributed by atoms with Gasteiger partial charge in [-0.1, -0.05) is 57.2 Å². The highest BCUT2D eigenvalue weighted by atomic mass is 28.4. The summed E-state index contributed by atoms with van der Waals surface area (Å²) in [7, 11) is -2.07. The largest absolute Gasteiger partial charge is 0.416 e. The van der Waals surface area contributed by atoms with Gasteiger partial charge >= 0.3 is 0 Å². The number of nitrogens with zero attached hydrogens (tertiary/aromatic N) is 3. The third-order valence-corrected chi connectivity index (χ3v) is 14.1. The summed E-state index contributed by atoms with van der Waals surface area (Å²) in [6.45, 7) is 17.7. The summed E-state index contributed by atoms with van der Waals surface area (Å²) in [5, 5.41) is 5.73. The van der Waals surface area contributed by atoms with E-state index in [1.54, 1.807) is 6.20 Å². The monoisotopic (exact) mass is 594 g/mol. The zero-order valence-corrected chi connectivity index (χ0v) is 27.3. The van der Waals surface area contributed by atoms with Crippen molar-refractivity contribution in [3.63, 3.8) is 0 Å². The molecule has 8 heteroatoms. The standard InChI is InChI=1S/C35H42N4O3Si/c1-23-17-29(30(25-11-9-8-10-12-25)22-42-43(6,7)35(3,4)5)33(38-16-14-26-13-15-36-34(40)32(26)38)31(24(23)2)27-18-37-39(19-27)28-20-41-21-28/h8-19,28,30H,20-22H2,1-7H3,(H,36,40). The molecule has 43 heavy (non-hydrogen) atoms. The van der Waals surface area contributed by atoms with E-state index in [9.17, 15) is 4.79 Å². The number of H-pyrrole nitrogens is 1. The Morgan fingerprint density at radius 3 is 2.53 bits per heavy atom. The van der Waals surface area contributed by atoms with Gasteiger partial charge in [-0.05, 0) is 66.4 Å². The topological polar surface area (TPSA) is 74.1 Å². The number of pyridine rings is 1. The quantitative estimate of drug-likeness (QED) is 0.189. The van der Waals surface area contributed by atoms with Crippen LogP contribution in [0.2, 0.25) is 18.1 Å². The van der Waals surface area contributed by atoms with Crippen LogP contribution in [0.15, 0.2) is 78.1 Å². The van der Waals surface area contributed by atoms with E-state index >= 15 is 0 Å². The first-order chi connectivity index (χ1) is 20.5. The van der Waals surface area contributed by atoms with Crippen LogP contribution < -0.4 is 5.56 Å². The Morgan fingerprint density at radius 2 is 1.86 bits per heavy atom. The minimum Gasteiger partial charge on any atom is -0.416 e. The van der Waals surface area contributed by atoms with Crippen LogP contribution in [0, 0.1) is 13.8 Å². The lowest BCUT2D eigenvalue weighted by molar-refractivity contribution is -0.0286. The van der Waals surface area contributed by atoms with Gasteiger partial charge in [0.05, 0.1) is 31.1 Å². The van der Waals surface area contributed by atoms with Crippen LogP contribution in [0.4, 0.5) is 0 Å². The van der Waals surface area contributed by atoms with Gasteiger partial charge in [0.25, 0.3) is 5.56 Å². The Labute approximate surface area is 254 Å². The number of aromatic nitrogens is 4. The summed E-state index contributed by atoms with van der Waals surface area (Å²) in [6.07, 6.45) is 7.81. The average molecular weight is 595 g/mol. The van der Waals surface area contributed by atoms with Crippen LogP contribution in [-0.2, 0) is 9.16 Å². The first-order valence-electron chi connectivity index (χ1n) is 15.1. The molecule has 3 aromatic heterocycles. The highest BCUT2D eigenvalue weighted by Gasteiger charge is 2.38. The minimum atomic E-state index is -2.07. The fraction of sp³-hybridized carbons (Fsp3) is 0.371. The highest BCUT2D eigenvalue weighted by molar-refractivity contribution is 6.74. The number of fused-ring (bicyclic) bond motifs is 1. The molecule has 0 bridgehead atoms. The molecular formula is C35H42N4O3Si. The van der Waals surface area contributed by atoms with Gasteiger partial charge in [-0.15, -0.1) is 0 Å². The van der Waals surface area contributed by atoms with E-state index in [4.69, 9.17) is 14.3 Å². The second-order valence-corrected chi connectivity index (χ2v) is 18.2. The van der Waals surface area contributed by atoms with E-state index in [2.05, 4.69) is 99.9 Å². The number of nitrogens with one attached hydrogen (secondary N) is 1. The van der Waals surface area contributed by atoms with Crippen molar-refractivity contribution in [2.45, 2.75) is 64.7 Å². The molecule has 1 atom stereocenters. The predicted octanol–water partition coefficient (Wildman–Crippen LogP) is 7.52. The number of hydrogen-bond acceptors (Lipinski definition) is 4. The van der Waals surface area contributed by atoms with Crippen LogP contribution in [0.5, 0.6) is 0 Å². The molecule has 7 nitrogen and oxygen atoms in total. The zero-order chi connectivity index (χ0) is 30.5. The number of benzene rings is 2. The summed E-state index contributed by atoms with van der Waals surface area (Å²) in [4.78, 5) is 16.3. The van der Waals surface area contributed by atoms with Crippen molar-refractivity contribution in [1.82, 2.24) is 19.3 Å². The van der Waals surface area contributed by atoms with Gasteiger partial charge in [0.1, 0.15) is 5.52 Å². The van der Waals surface area contributed by atoms with E-state index in [1.165, 1.54) is 11.1 Å². The molecule has 1 N–H and O–H groups in total. The predicted molar refractivity (Wildman–Crippen MR) is 176 cm³/mol. The maximum absolute atomic E-state index is 13.4. The fourth-order valence-corrected chi connectivity index (χ4v) is 6.71. The first-order valence-corrected chi connectivity index (χ1v) is 18.0. The van der Waals surface area contributed by atoms with Gasteiger partial charge < -0.3 is 18.7 Å². The van der Waals surface area contributed by atoms with Gasteiger partial charge in [0.15, 0.2) is 8.32 Å². The van der Waals surface area contributed by atoms with Gasteiger partial charge in [-0.25, -0.2) is 0 Å². The molecule has 0 saturated carbocycles. The number of ether oxygens (including phenoxy) is 1. The van der Waals surface area contributed by atoms with Crippen molar-refractivity contribution in [1.29, 1.82) is 0 Å². The SMILES string of the molecule is Cc1cc(C(CO[Si](C)(C)C(C)(C)C)c2ccccc2)c(-n2ccc3cc[nH]c(=O)c32)c(-c2cnn(C3COC3)c2)c1C. The maximum Gasteiger partial charge on any atom is 0.272 e. The Bertz CT molecular complexity index is 1820. The molecule has 6 rings (SSSR count). The van der Waals surface area contributed by atoms with Gasteiger partial charge in [0, 0.05) is 47.6 Å². The number of aromatic amines is 1. The highest BCUT2D eigenvalue weighted by Crippen LogP contribution is 2.43. The van der Waals surface area contributed by atoms with Gasteiger partial charge in [0.2, 0.25) is 0 Å². The van der Waals surface area contributed by atoms with Crippen molar-refractivity contribution in [3.05, 3.63) is 106 Å². The van der Waals surface area contributed by atoms with E-state index < -0.39 is 8.32 Å². The molecule has 1 aliphatic rings. The van der Waals surface area contributed by atoms with E-state index in [-0.39, 0.29) is 22.6 Å². The van der Waals surface area contributed by atoms with Crippen molar-refractivity contribution in [2.75, 3.05) is 19.8 Å². The Hall–Kier alpha value is -3.72. The number of aryl methyl sites for hydroxylation is 1. The normalized spacial score (nSPS) is 15.1. The van der Waals surface area contributed by atoms with E-state index in [0.29, 0.717) is 25.3 Å². The summed E-state index contributed by atoms with van der Waals surface area (Å²) in [6, 6.07) is 17.1. The summed E-state index contributed by atoms with van der Waals surface area (Å²) in [5.74, 6) is -0.0568. The lowest BCUT2D eigenvalue weighted by Gasteiger charge is -2.38. The molecule has 5 aromatic rings. The summed E-state index contributed by atoms with van der Waals surface area (Å²) >= 11 is 0. The van der Waals surface area contributed by atoms with Crippen LogP contribution in [0.25, 0.3) is 27.7 Å². The minimum absolute atomic E-state index is 0.0568. The Balaban J connectivity index is 1.63. The molecule has 2 aromatic carbocycles. The first kappa shape index (κ1) is 29.4. The Morgan fingerprint density at radius 1 is 1.12 bits per heavy atom. The maximum atomic E-state index is 13.4. The van der Waals surface area contributed by atoms with E-state index in [1.807, 2.05) is 29.2 Å². The smallest absolute Gasteiger partial charge is 0.272 e. The lowest BCUT2D eigenvalue weighted by Crippen LogP contribution is -2.41. The number of rotatable bonds is 8. The molecule has 1 saturated heterocycles. The molecule has 1 unspecified atom stereocenters. The third kappa shape index (κ3) is 5.32. The fourth-order valence-electron chi connectivity index (χ4n) is 5.69. The lowest BCUT2D eigenvalue weighted by atomic mass is 9.84. The molecular weight excluding hydrogens is 552 g/mol. The molecule has 0 radical (unpaired) electrons. The van der Waals surface area contributed by atoms with Crippen molar-refractivity contribution in [2.24, 2.45) is 0 Å². The molecule has 0 spiro atoms. The van der Waals surface area contributed by atoms with Gasteiger partial charge in [-0.3, -0.25) is 9.48 Å². The molecule has 0 amide bonds. The molecule has 0 aliphatic carbocycles. The van der Waals surface area contributed by atoms with Crippen LogP contribution in [0.3, 0.4) is 0 Å². The summed E-state index contributed by atoms with van der Waals surface area (Å²) in [5.41, 5.74) is 8.27. The van der Waals surface area contributed by atoms with Crippen LogP contribution in [0.1, 0.15) is 55.0 Å². The second kappa shape index (κ2) is 11.1. The zero-order valence-electron chi connectivity index (χ0n) is 26.3. The van der Waals surface area contributed by atoms with Crippen molar-refractivity contribution in [3.8, 4) is 16.8 Å². The van der Waals surface area contributed by atoms with E-state index in [0.717, 1.165) is 33.3 Å². The van der Waals surface area contributed by atoms with Gasteiger partial charge in [-0.2, -0.15) is 5.10 Å². The molecule has 1 fully saturated rings. The third-order valence-electron chi connectivity index (χ3n) is 9.58. The Kier molecular flexibility index (Phi) is 7.57. The molecule has 224 valence electrons. The van der Waals surface area contributed by atoms with Crippen LogP contribution >= 0.6 is 0 Å². The average Bonchev–Trinajstić information content (AvgIpc) is 3.58. The second-order valence-electron chi connectivity index (χ2n) is 13.4. The summed E-state index contributed by atoms with van der Waals surface area (Å²) < 4.78 is 16.5. The van der Waals surface area contributed by atoms with Crippen LogP contribution in [-0.4, -0.2) is 47.5 Å².